The highest BCUT2D eigenvalue weighted by Gasteiger charge is 2.53. The summed E-state index contributed by atoms with van der Waals surface area (Å²) in [6.45, 7) is 3.96. The second-order valence-corrected chi connectivity index (χ2v) is 7.04. The SMILES string of the molecule is C[C@H]1CCC[C@H](C)N1C(=O)CN1C(=O)NC2(CCCC2)C1=O. The normalized spacial score (nSPS) is 31.0. The Labute approximate surface area is 131 Å². The number of piperidine rings is 1. The van der Waals surface area contributed by atoms with Crippen molar-refractivity contribution in [2.75, 3.05) is 6.54 Å². The molecule has 0 aromatic carbocycles. The van der Waals surface area contributed by atoms with Crippen LogP contribution in [-0.4, -0.2) is 51.8 Å². The van der Waals surface area contributed by atoms with Crippen LogP contribution in [0.4, 0.5) is 4.79 Å². The van der Waals surface area contributed by atoms with Gasteiger partial charge < -0.3 is 10.2 Å². The number of urea groups is 1. The highest BCUT2D eigenvalue weighted by molar-refractivity contribution is 6.09. The van der Waals surface area contributed by atoms with E-state index in [2.05, 4.69) is 5.32 Å². The van der Waals surface area contributed by atoms with Crippen LogP contribution in [0.5, 0.6) is 0 Å². The Bertz CT molecular complexity index is 489. The van der Waals surface area contributed by atoms with Gasteiger partial charge in [-0.05, 0) is 46.0 Å². The van der Waals surface area contributed by atoms with Crippen molar-refractivity contribution < 1.29 is 14.4 Å². The Hall–Kier alpha value is -1.59. The van der Waals surface area contributed by atoms with Gasteiger partial charge in [0.1, 0.15) is 12.1 Å². The van der Waals surface area contributed by atoms with Crippen molar-refractivity contribution in [3.05, 3.63) is 0 Å². The van der Waals surface area contributed by atoms with Crippen LogP contribution in [0.2, 0.25) is 0 Å². The number of hydrogen-bond acceptors (Lipinski definition) is 3. The monoisotopic (exact) mass is 307 g/mol. The summed E-state index contributed by atoms with van der Waals surface area (Å²) in [5.41, 5.74) is -0.726. The summed E-state index contributed by atoms with van der Waals surface area (Å²) in [5, 5.41) is 2.83. The molecular formula is C16H25N3O3. The molecule has 2 aliphatic heterocycles. The van der Waals surface area contributed by atoms with Gasteiger partial charge in [0, 0.05) is 12.1 Å². The minimum Gasteiger partial charge on any atom is -0.336 e. The van der Waals surface area contributed by atoms with Crippen LogP contribution in [0.3, 0.4) is 0 Å². The number of hydrogen-bond donors (Lipinski definition) is 1. The van der Waals surface area contributed by atoms with Gasteiger partial charge in [0.05, 0.1) is 0 Å². The van der Waals surface area contributed by atoms with Crippen molar-refractivity contribution in [3.8, 4) is 0 Å². The maximum atomic E-state index is 12.6. The molecular weight excluding hydrogens is 282 g/mol. The summed E-state index contributed by atoms with van der Waals surface area (Å²) >= 11 is 0. The van der Waals surface area contributed by atoms with Crippen molar-refractivity contribution in [2.45, 2.75) is 76.4 Å². The molecule has 0 radical (unpaired) electrons. The Morgan fingerprint density at radius 2 is 1.73 bits per heavy atom. The second-order valence-electron chi connectivity index (χ2n) is 7.04. The van der Waals surface area contributed by atoms with E-state index in [1.54, 1.807) is 0 Å². The number of rotatable bonds is 2. The molecule has 22 heavy (non-hydrogen) atoms. The van der Waals surface area contributed by atoms with Crippen LogP contribution in [0.15, 0.2) is 0 Å². The third kappa shape index (κ3) is 2.38. The maximum absolute atomic E-state index is 12.6. The molecule has 4 amide bonds. The smallest absolute Gasteiger partial charge is 0.325 e. The summed E-state index contributed by atoms with van der Waals surface area (Å²) in [6, 6.07) is -0.0486. The zero-order valence-electron chi connectivity index (χ0n) is 13.4. The van der Waals surface area contributed by atoms with Crippen LogP contribution in [0.1, 0.15) is 58.8 Å². The zero-order valence-corrected chi connectivity index (χ0v) is 13.4. The van der Waals surface area contributed by atoms with E-state index in [-0.39, 0.29) is 30.4 Å². The predicted molar refractivity (Wildman–Crippen MR) is 81.1 cm³/mol. The molecule has 0 aromatic heterocycles. The number of carbonyl (C=O) groups is 3. The largest absolute Gasteiger partial charge is 0.336 e. The van der Waals surface area contributed by atoms with E-state index in [9.17, 15) is 14.4 Å². The molecule has 2 heterocycles. The highest BCUT2D eigenvalue weighted by Crippen LogP contribution is 2.35. The molecule has 0 unspecified atom stereocenters. The number of imide groups is 1. The first-order valence-corrected chi connectivity index (χ1v) is 8.40. The van der Waals surface area contributed by atoms with Gasteiger partial charge in [-0.1, -0.05) is 12.8 Å². The number of carbonyl (C=O) groups excluding carboxylic acids is 3. The quantitative estimate of drug-likeness (QED) is 0.789. The Morgan fingerprint density at radius 3 is 2.32 bits per heavy atom. The molecule has 6 nitrogen and oxygen atoms in total. The standard InChI is InChI=1S/C16H25N3O3/c1-11-6-5-7-12(2)19(11)13(20)10-18-14(21)16(17-15(18)22)8-3-4-9-16/h11-12H,3-10H2,1-2H3,(H,17,22)/t11-,12-/m0/s1. The van der Waals surface area contributed by atoms with E-state index in [0.29, 0.717) is 12.8 Å². The maximum Gasteiger partial charge on any atom is 0.325 e. The summed E-state index contributed by atoms with van der Waals surface area (Å²) in [6.07, 6.45) is 6.39. The Morgan fingerprint density at radius 1 is 1.14 bits per heavy atom. The van der Waals surface area contributed by atoms with E-state index in [4.69, 9.17) is 0 Å². The van der Waals surface area contributed by atoms with Crippen LogP contribution in [0.25, 0.3) is 0 Å². The van der Waals surface area contributed by atoms with E-state index >= 15 is 0 Å². The van der Waals surface area contributed by atoms with Crippen LogP contribution in [0, 0.1) is 0 Å². The molecule has 2 saturated heterocycles. The third-order valence-corrected chi connectivity index (χ3v) is 5.48. The summed E-state index contributed by atoms with van der Waals surface area (Å²) < 4.78 is 0. The first-order chi connectivity index (χ1) is 10.4. The van der Waals surface area contributed by atoms with Crippen molar-refractivity contribution in [3.63, 3.8) is 0 Å². The summed E-state index contributed by atoms with van der Waals surface area (Å²) in [5.74, 6) is -0.320. The Balaban J connectivity index is 1.71. The van der Waals surface area contributed by atoms with Gasteiger partial charge >= 0.3 is 6.03 Å². The van der Waals surface area contributed by atoms with Gasteiger partial charge in [0.2, 0.25) is 5.91 Å². The fourth-order valence-electron chi connectivity index (χ4n) is 4.27. The van der Waals surface area contributed by atoms with Gasteiger partial charge in [-0.3, -0.25) is 14.5 Å². The number of amides is 4. The molecule has 1 spiro atoms. The molecule has 1 aliphatic carbocycles. The molecule has 3 aliphatic rings. The minimum absolute atomic E-state index is 0.113. The van der Waals surface area contributed by atoms with Crippen molar-refractivity contribution >= 4 is 17.8 Å². The van der Waals surface area contributed by atoms with E-state index in [0.717, 1.165) is 37.0 Å². The topological polar surface area (TPSA) is 69.7 Å². The first-order valence-electron chi connectivity index (χ1n) is 8.40. The van der Waals surface area contributed by atoms with E-state index < -0.39 is 11.6 Å². The average Bonchev–Trinajstić information content (AvgIpc) is 3.00. The van der Waals surface area contributed by atoms with Gasteiger partial charge in [0.15, 0.2) is 0 Å². The second kappa shape index (κ2) is 5.56. The number of nitrogens with one attached hydrogen (secondary N) is 1. The lowest BCUT2D eigenvalue weighted by Gasteiger charge is -2.39. The third-order valence-electron chi connectivity index (χ3n) is 5.48. The van der Waals surface area contributed by atoms with Crippen molar-refractivity contribution in [1.82, 2.24) is 15.1 Å². The molecule has 3 rings (SSSR count). The molecule has 0 bridgehead atoms. The fraction of sp³-hybridized carbons (Fsp3) is 0.812. The predicted octanol–water partition coefficient (Wildman–Crippen LogP) is 1.64. The van der Waals surface area contributed by atoms with Gasteiger partial charge in [-0.15, -0.1) is 0 Å². The Kier molecular flexibility index (Phi) is 3.87. The summed E-state index contributed by atoms with van der Waals surface area (Å²) in [4.78, 5) is 40.3. The fourth-order valence-corrected chi connectivity index (χ4v) is 4.27. The molecule has 1 saturated carbocycles. The van der Waals surface area contributed by atoms with Crippen LogP contribution >= 0.6 is 0 Å². The average molecular weight is 307 g/mol. The molecule has 6 heteroatoms. The van der Waals surface area contributed by atoms with Gasteiger partial charge in [-0.2, -0.15) is 0 Å². The van der Waals surface area contributed by atoms with E-state index in [1.807, 2.05) is 18.7 Å². The van der Waals surface area contributed by atoms with E-state index in [1.165, 1.54) is 0 Å². The molecule has 2 atom stereocenters. The lowest BCUT2D eigenvalue weighted by atomic mass is 9.97. The lowest BCUT2D eigenvalue weighted by molar-refractivity contribution is -0.142. The van der Waals surface area contributed by atoms with Gasteiger partial charge in [-0.25, -0.2) is 4.79 Å². The molecule has 122 valence electrons. The lowest BCUT2D eigenvalue weighted by Crippen LogP contribution is -2.52. The van der Waals surface area contributed by atoms with Crippen molar-refractivity contribution in [2.24, 2.45) is 0 Å². The van der Waals surface area contributed by atoms with Crippen LogP contribution < -0.4 is 5.32 Å². The van der Waals surface area contributed by atoms with Crippen molar-refractivity contribution in [1.29, 1.82) is 0 Å². The molecule has 1 N–H and O–H groups in total. The molecule has 0 aromatic rings. The number of likely N-dealkylation sites (tertiary alicyclic amines) is 1. The summed E-state index contributed by atoms with van der Waals surface area (Å²) in [7, 11) is 0. The molecule has 3 fully saturated rings. The highest BCUT2D eigenvalue weighted by atomic mass is 16.2. The van der Waals surface area contributed by atoms with Gasteiger partial charge in [0.25, 0.3) is 5.91 Å². The first kappa shape index (κ1) is 15.3. The zero-order chi connectivity index (χ0) is 15.9. The number of nitrogens with zero attached hydrogens (tertiary/aromatic N) is 2. The van der Waals surface area contributed by atoms with Crippen LogP contribution in [-0.2, 0) is 9.59 Å². The minimum atomic E-state index is -0.726.